The second-order valence-electron chi connectivity index (χ2n) is 3.59. The Morgan fingerprint density at radius 2 is 2.42 bits per heavy atom. The molecule has 0 bridgehead atoms. The summed E-state index contributed by atoms with van der Waals surface area (Å²) in [4.78, 5) is 15.2. The fraction of sp³-hybridized carbons (Fsp3) is 0.600. The van der Waals surface area contributed by atoms with Crippen molar-refractivity contribution in [3.8, 4) is 0 Å². The highest BCUT2D eigenvalue weighted by atomic mass is 32.2. The maximum Gasteiger partial charge on any atom is 0.319 e. The second-order valence-corrected chi connectivity index (χ2v) is 5.32. The van der Waals surface area contributed by atoms with Crippen molar-refractivity contribution in [1.82, 2.24) is 10.3 Å². The molecule has 0 amide bonds. The zero-order valence-corrected chi connectivity index (χ0v) is 12.4. The Morgan fingerprint density at radius 1 is 1.68 bits per heavy atom. The lowest BCUT2D eigenvalue weighted by molar-refractivity contribution is -0.141. The summed E-state index contributed by atoms with van der Waals surface area (Å²) in [6, 6.07) is 0. The lowest BCUT2D eigenvalue weighted by Crippen LogP contribution is -2.35. The van der Waals surface area contributed by atoms with E-state index in [0.29, 0.717) is 18.3 Å². The van der Waals surface area contributed by atoms with E-state index in [1.165, 1.54) is 15.6 Å². The molecule has 19 heavy (non-hydrogen) atoms. The first-order valence-corrected chi connectivity index (χ1v) is 7.66. The average molecular weight is 307 g/mol. The molecule has 0 aromatic carbocycles. The number of hydrogen-bond acceptors (Lipinski definition) is 6. The van der Waals surface area contributed by atoms with E-state index in [4.69, 9.17) is 4.74 Å². The molecule has 1 unspecified atom stereocenters. The number of nitrogens with one attached hydrogen (secondary N) is 1. The average Bonchev–Trinajstić information content (AvgIpc) is 2.75. The van der Waals surface area contributed by atoms with Gasteiger partial charge in [0.1, 0.15) is 0 Å². The molecule has 0 saturated heterocycles. The Hall–Kier alpha value is -1.03. The van der Waals surface area contributed by atoms with Crippen LogP contribution in [0.4, 0.5) is 5.13 Å². The Labute approximate surface area is 118 Å². The highest BCUT2D eigenvalue weighted by Crippen LogP contribution is 2.20. The van der Waals surface area contributed by atoms with E-state index in [2.05, 4.69) is 10.3 Å². The van der Waals surface area contributed by atoms with Gasteiger partial charge in [-0.05, 0) is 13.8 Å². The first-order valence-electron chi connectivity index (χ1n) is 5.71. The maximum atomic E-state index is 11.2. The summed E-state index contributed by atoms with van der Waals surface area (Å²) in [7, 11) is 0. The molecular weight excluding hydrogens is 290 g/mol. The van der Waals surface area contributed by atoms with Gasteiger partial charge in [-0.2, -0.15) is 0 Å². The molecular formula is C10H17N3O4S2. The Bertz CT molecular complexity index is 438. The van der Waals surface area contributed by atoms with Gasteiger partial charge in [0.05, 0.1) is 18.8 Å². The van der Waals surface area contributed by atoms with Gasteiger partial charge in [-0.25, -0.2) is 13.5 Å². The van der Waals surface area contributed by atoms with Crippen LogP contribution in [0.15, 0.2) is 5.38 Å². The molecule has 1 aromatic rings. The van der Waals surface area contributed by atoms with Gasteiger partial charge in [0, 0.05) is 18.5 Å². The molecule has 0 radical (unpaired) electrons. The minimum atomic E-state index is -2.13. The smallest absolute Gasteiger partial charge is 0.319 e. The quantitative estimate of drug-likeness (QED) is 0.414. The molecule has 0 saturated carbocycles. The topological polar surface area (TPSA) is 91.8 Å². The minimum absolute atomic E-state index is 0.0800. The fourth-order valence-electron chi connectivity index (χ4n) is 1.28. The number of carbonyl (C=O) groups excluding carboxylic acids is 1. The van der Waals surface area contributed by atoms with Crippen molar-refractivity contribution in [3.05, 3.63) is 11.1 Å². The summed E-state index contributed by atoms with van der Waals surface area (Å²) in [5.74, 6) is -0.343. The van der Waals surface area contributed by atoms with Gasteiger partial charge in [-0.3, -0.25) is 9.35 Å². The van der Waals surface area contributed by atoms with Gasteiger partial charge in [0.2, 0.25) is 0 Å². The molecule has 1 heterocycles. The van der Waals surface area contributed by atoms with E-state index in [0.717, 1.165) is 5.69 Å². The number of rotatable bonds is 8. The number of esters is 1. The van der Waals surface area contributed by atoms with E-state index in [9.17, 15) is 13.6 Å². The molecule has 108 valence electrons. The highest BCUT2D eigenvalue weighted by Gasteiger charge is 2.15. The lowest BCUT2D eigenvalue weighted by atomic mass is 10.5. The molecule has 7 nitrogen and oxygen atoms in total. The van der Waals surface area contributed by atoms with Crippen LogP contribution in [0, 0.1) is 6.92 Å². The van der Waals surface area contributed by atoms with Crippen molar-refractivity contribution < 1.29 is 18.3 Å². The van der Waals surface area contributed by atoms with E-state index in [1.54, 1.807) is 12.3 Å². The maximum absolute atomic E-state index is 11.2. The number of nitrogens with zero attached hydrogens (tertiary/aromatic N) is 2. The SMILES string of the molecule is CCOC(=O)CNCCN(c1nc(C)cs1)S(=O)O. The van der Waals surface area contributed by atoms with Crippen molar-refractivity contribution in [2.45, 2.75) is 13.8 Å². The van der Waals surface area contributed by atoms with Crippen molar-refractivity contribution in [3.63, 3.8) is 0 Å². The molecule has 1 atom stereocenters. The Kier molecular flexibility index (Phi) is 6.92. The van der Waals surface area contributed by atoms with Crippen LogP contribution in [0.3, 0.4) is 0 Å². The third kappa shape index (κ3) is 5.64. The highest BCUT2D eigenvalue weighted by molar-refractivity contribution is 7.81. The summed E-state index contributed by atoms with van der Waals surface area (Å²) < 4.78 is 26.4. The summed E-state index contributed by atoms with van der Waals surface area (Å²) >= 11 is -0.833. The van der Waals surface area contributed by atoms with Crippen molar-refractivity contribution in [2.75, 3.05) is 30.5 Å². The number of ether oxygens (including phenoxy) is 1. The minimum Gasteiger partial charge on any atom is -0.465 e. The number of hydrogen-bond donors (Lipinski definition) is 2. The third-order valence-corrected chi connectivity index (χ3v) is 3.90. The Morgan fingerprint density at radius 3 is 2.95 bits per heavy atom. The second kappa shape index (κ2) is 8.20. The zero-order chi connectivity index (χ0) is 14.3. The number of thiazole rings is 1. The van der Waals surface area contributed by atoms with Gasteiger partial charge in [0.25, 0.3) is 11.3 Å². The lowest BCUT2D eigenvalue weighted by Gasteiger charge is -2.16. The van der Waals surface area contributed by atoms with Crippen LogP contribution in [0.1, 0.15) is 12.6 Å². The van der Waals surface area contributed by atoms with Crippen molar-refractivity contribution >= 4 is 33.7 Å². The first kappa shape index (κ1) is 16.0. The van der Waals surface area contributed by atoms with E-state index >= 15 is 0 Å². The standard InChI is InChI=1S/C10H17N3O4S2/c1-3-17-9(14)6-11-4-5-13(19(15)16)10-12-8(2)7-18-10/h7,11H,3-6H2,1-2H3,(H,15,16). The van der Waals surface area contributed by atoms with Gasteiger partial charge in [-0.1, -0.05) is 0 Å². The number of carbonyl (C=O) groups is 1. The van der Waals surface area contributed by atoms with Crippen LogP contribution in [0.2, 0.25) is 0 Å². The summed E-state index contributed by atoms with van der Waals surface area (Å²) in [5, 5.41) is 5.14. The summed E-state index contributed by atoms with van der Waals surface area (Å²) in [5.41, 5.74) is 0.801. The van der Waals surface area contributed by atoms with E-state index in [-0.39, 0.29) is 19.1 Å². The predicted octanol–water partition coefficient (Wildman–Crippen LogP) is 0.547. The third-order valence-electron chi connectivity index (χ3n) is 2.08. The van der Waals surface area contributed by atoms with Crippen LogP contribution in [-0.4, -0.2) is 46.0 Å². The van der Waals surface area contributed by atoms with Crippen LogP contribution in [-0.2, 0) is 20.8 Å². The number of aromatic nitrogens is 1. The summed E-state index contributed by atoms with van der Waals surface area (Å²) in [6.07, 6.45) is 0. The normalized spacial score (nSPS) is 12.2. The largest absolute Gasteiger partial charge is 0.465 e. The van der Waals surface area contributed by atoms with E-state index < -0.39 is 11.3 Å². The van der Waals surface area contributed by atoms with E-state index in [1.807, 2.05) is 6.92 Å². The van der Waals surface area contributed by atoms with Crippen molar-refractivity contribution in [1.29, 1.82) is 0 Å². The van der Waals surface area contributed by atoms with Gasteiger partial charge in [-0.15, -0.1) is 11.3 Å². The monoisotopic (exact) mass is 307 g/mol. The molecule has 1 rings (SSSR count). The molecule has 0 spiro atoms. The molecule has 1 aromatic heterocycles. The van der Waals surface area contributed by atoms with Crippen LogP contribution >= 0.6 is 11.3 Å². The van der Waals surface area contributed by atoms with Crippen molar-refractivity contribution in [2.24, 2.45) is 0 Å². The van der Waals surface area contributed by atoms with Gasteiger partial charge < -0.3 is 10.1 Å². The molecule has 0 aliphatic rings. The van der Waals surface area contributed by atoms with Crippen LogP contribution in [0.5, 0.6) is 0 Å². The first-order chi connectivity index (χ1) is 9.04. The van der Waals surface area contributed by atoms with Crippen LogP contribution in [0.25, 0.3) is 0 Å². The van der Waals surface area contributed by atoms with Gasteiger partial charge >= 0.3 is 5.97 Å². The Balaban J connectivity index is 2.39. The number of aryl methyl sites for hydroxylation is 1. The molecule has 0 fully saturated rings. The zero-order valence-electron chi connectivity index (χ0n) is 10.8. The van der Waals surface area contributed by atoms with Gasteiger partial charge in [0.15, 0.2) is 5.13 Å². The van der Waals surface area contributed by atoms with Crippen LogP contribution < -0.4 is 9.62 Å². The fourth-order valence-corrected chi connectivity index (χ4v) is 2.76. The molecule has 9 heteroatoms. The molecule has 0 aliphatic heterocycles. The number of anilines is 1. The summed E-state index contributed by atoms with van der Waals surface area (Å²) in [6.45, 7) is 4.62. The molecule has 0 aliphatic carbocycles. The predicted molar refractivity (Wildman–Crippen MR) is 74.5 cm³/mol. The molecule has 2 N–H and O–H groups in total.